The molecule has 0 amide bonds. The van der Waals surface area contributed by atoms with Crippen LogP contribution in [0.25, 0.3) is 10.2 Å². The summed E-state index contributed by atoms with van der Waals surface area (Å²) < 4.78 is 0. The van der Waals surface area contributed by atoms with Gasteiger partial charge in [-0.2, -0.15) is 0 Å². The summed E-state index contributed by atoms with van der Waals surface area (Å²) in [5.41, 5.74) is 1.28. The number of aliphatic hydroxyl groups excluding tert-OH is 1. The molecule has 2 aliphatic rings. The minimum atomic E-state index is -0.643. The first kappa shape index (κ1) is 20.2. The molecule has 2 aromatic heterocycles. The van der Waals surface area contributed by atoms with Crippen LogP contribution in [0.4, 0.5) is 0 Å². The average Bonchev–Trinajstić information content (AvgIpc) is 3.10. The Labute approximate surface area is 172 Å². The summed E-state index contributed by atoms with van der Waals surface area (Å²) in [4.78, 5) is 16.4. The second-order valence-corrected chi connectivity index (χ2v) is 10.4. The van der Waals surface area contributed by atoms with Gasteiger partial charge in [0.25, 0.3) is 0 Å². The van der Waals surface area contributed by atoms with Crippen molar-refractivity contribution in [3.05, 3.63) is 22.5 Å². The number of hydrogen-bond donors (Lipinski definition) is 1. The number of thiophene rings is 1. The highest BCUT2D eigenvalue weighted by Gasteiger charge is 2.30. The molecule has 28 heavy (non-hydrogen) atoms. The van der Waals surface area contributed by atoms with Crippen LogP contribution in [-0.4, -0.2) is 57.6 Å². The first-order chi connectivity index (χ1) is 13.4. The molecule has 4 rings (SSSR count). The van der Waals surface area contributed by atoms with Gasteiger partial charge in [0.2, 0.25) is 0 Å². The number of hydrogen-bond acceptors (Lipinski definition) is 6. The first-order valence-electron chi connectivity index (χ1n) is 10.8. The largest absolute Gasteiger partial charge is 0.372 e. The molecule has 1 saturated carbocycles. The molecule has 1 saturated heterocycles. The van der Waals surface area contributed by atoms with Crippen molar-refractivity contribution in [1.29, 1.82) is 0 Å². The molecule has 154 valence electrons. The normalized spacial score (nSPS) is 23.3. The molecule has 0 radical (unpaired) electrons. The smallest absolute Gasteiger partial charge is 0.151 e. The van der Waals surface area contributed by atoms with Crippen LogP contribution in [0.1, 0.15) is 75.0 Å². The number of likely N-dealkylation sites (N-methyl/N-ethyl adjacent to an activating group) is 1. The molecule has 3 heterocycles. The van der Waals surface area contributed by atoms with Crippen LogP contribution in [0.15, 0.2) is 6.07 Å². The molecule has 0 aromatic carbocycles. The summed E-state index contributed by atoms with van der Waals surface area (Å²) in [5.74, 6) is 1.39. The zero-order chi connectivity index (χ0) is 19.9. The standard InChI is InChI=1S/C22H34N4OS/c1-5-25-10-12-26(13-11-25)21(27)19-17-14-18(28-20(17)24-15(2)23-19)16-6-8-22(3,4)9-7-16/h14,16,21,27H,5-13H2,1-4H3. The molecule has 2 fully saturated rings. The van der Waals surface area contributed by atoms with E-state index in [2.05, 4.69) is 41.6 Å². The number of piperazine rings is 1. The number of rotatable bonds is 4. The lowest BCUT2D eigenvalue weighted by atomic mass is 9.73. The van der Waals surface area contributed by atoms with Gasteiger partial charge in [-0.3, -0.25) is 4.90 Å². The lowest BCUT2D eigenvalue weighted by Gasteiger charge is -2.36. The monoisotopic (exact) mass is 402 g/mol. The van der Waals surface area contributed by atoms with Crippen LogP contribution in [0, 0.1) is 12.3 Å². The van der Waals surface area contributed by atoms with Crippen LogP contribution < -0.4 is 0 Å². The molecular formula is C22H34N4OS. The molecule has 1 atom stereocenters. The number of nitrogens with zero attached hydrogens (tertiary/aromatic N) is 4. The van der Waals surface area contributed by atoms with E-state index in [-0.39, 0.29) is 0 Å². The summed E-state index contributed by atoms with van der Waals surface area (Å²) in [6.45, 7) is 13.8. The van der Waals surface area contributed by atoms with E-state index in [1.165, 1.54) is 30.6 Å². The highest BCUT2D eigenvalue weighted by atomic mass is 32.1. The summed E-state index contributed by atoms with van der Waals surface area (Å²) in [7, 11) is 0. The summed E-state index contributed by atoms with van der Waals surface area (Å²) in [6, 6.07) is 2.28. The van der Waals surface area contributed by atoms with E-state index in [9.17, 15) is 5.11 Å². The average molecular weight is 403 g/mol. The van der Waals surface area contributed by atoms with Gasteiger partial charge in [0.05, 0.1) is 5.69 Å². The quantitative estimate of drug-likeness (QED) is 0.826. The van der Waals surface area contributed by atoms with Gasteiger partial charge in [0.15, 0.2) is 6.23 Å². The Morgan fingerprint density at radius 3 is 2.50 bits per heavy atom. The van der Waals surface area contributed by atoms with Crippen molar-refractivity contribution in [1.82, 2.24) is 19.8 Å². The van der Waals surface area contributed by atoms with Crippen LogP contribution >= 0.6 is 11.3 Å². The fourth-order valence-corrected chi connectivity index (χ4v) is 5.91. The Kier molecular flexibility index (Phi) is 5.76. The van der Waals surface area contributed by atoms with Gasteiger partial charge in [-0.25, -0.2) is 9.97 Å². The maximum Gasteiger partial charge on any atom is 0.151 e. The van der Waals surface area contributed by atoms with E-state index in [0.29, 0.717) is 11.3 Å². The Morgan fingerprint density at radius 1 is 1.18 bits per heavy atom. The molecule has 1 N–H and O–H groups in total. The van der Waals surface area contributed by atoms with E-state index >= 15 is 0 Å². The van der Waals surface area contributed by atoms with E-state index in [4.69, 9.17) is 4.98 Å². The van der Waals surface area contributed by atoms with Gasteiger partial charge >= 0.3 is 0 Å². The van der Waals surface area contributed by atoms with E-state index in [0.717, 1.165) is 54.5 Å². The lowest BCUT2D eigenvalue weighted by Crippen LogP contribution is -2.47. The number of fused-ring (bicyclic) bond motifs is 1. The molecule has 1 aliphatic carbocycles. The predicted molar refractivity (Wildman–Crippen MR) is 116 cm³/mol. The van der Waals surface area contributed by atoms with Gasteiger partial charge in [0, 0.05) is 36.4 Å². The van der Waals surface area contributed by atoms with Gasteiger partial charge in [-0.15, -0.1) is 11.3 Å². The van der Waals surface area contributed by atoms with Crippen LogP contribution in [0.2, 0.25) is 0 Å². The van der Waals surface area contributed by atoms with Crippen molar-refractivity contribution >= 4 is 21.6 Å². The Morgan fingerprint density at radius 2 is 1.86 bits per heavy atom. The molecule has 1 aliphatic heterocycles. The SMILES string of the molecule is CCN1CCN(C(O)c2nc(C)nc3sc(C4CCC(C)(C)CC4)cc23)CC1. The van der Waals surface area contributed by atoms with Crippen LogP contribution in [0.5, 0.6) is 0 Å². The van der Waals surface area contributed by atoms with Crippen molar-refractivity contribution in [2.75, 3.05) is 32.7 Å². The molecule has 1 unspecified atom stereocenters. The minimum absolute atomic E-state index is 0.478. The van der Waals surface area contributed by atoms with Gasteiger partial charge in [0.1, 0.15) is 10.7 Å². The van der Waals surface area contributed by atoms with Crippen LogP contribution in [-0.2, 0) is 0 Å². The Hall–Kier alpha value is -1.08. The van der Waals surface area contributed by atoms with Crippen molar-refractivity contribution in [3.8, 4) is 0 Å². The van der Waals surface area contributed by atoms with Gasteiger partial charge < -0.3 is 10.0 Å². The number of aromatic nitrogens is 2. The summed E-state index contributed by atoms with van der Waals surface area (Å²) in [5, 5.41) is 12.2. The summed E-state index contributed by atoms with van der Waals surface area (Å²) in [6.07, 6.45) is 4.43. The fraction of sp³-hybridized carbons (Fsp3) is 0.727. The minimum Gasteiger partial charge on any atom is -0.372 e. The second-order valence-electron chi connectivity index (χ2n) is 9.31. The summed E-state index contributed by atoms with van der Waals surface area (Å²) >= 11 is 1.81. The maximum atomic E-state index is 11.1. The van der Waals surface area contributed by atoms with Crippen LogP contribution in [0.3, 0.4) is 0 Å². The highest BCUT2D eigenvalue weighted by Crippen LogP contribution is 2.45. The van der Waals surface area contributed by atoms with Crippen molar-refractivity contribution in [2.45, 2.75) is 65.5 Å². The van der Waals surface area contributed by atoms with E-state index in [1.54, 1.807) is 0 Å². The highest BCUT2D eigenvalue weighted by molar-refractivity contribution is 7.18. The van der Waals surface area contributed by atoms with Crippen molar-refractivity contribution in [3.63, 3.8) is 0 Å². The number of aliphatic hydroxyl groups is 1. The molecule has 5 nitrogen and oxygen atoms in total. The van der Waals surface area contributed by atoms with Gasteiger partial charge in [-0.05, 0) is 56.6 Å². The van der Waals surface area contributed by atoms with Crippen molar-refractivity contribution < 1.29 is 5.11 Å². The molecule has 0 bridgehead atoms. The molecule has 6 heteroatoms. The van der Waals surface area contributed by atoms with Crippen molar-refractivity contribution in [2.24, 2.45) is 5.41 Å². The second kappa shape index (κ2) is 7.98. The predicted octanol–water partition coefficient (Wildman–Crippen LogP) is 4.31. The zero-order valence-electron chi connectivity index (χ0n) is 17.7. The third-order valence-electron chi connectivity index (χ3n) is 6.74. The van der Waals surface area contributed by atoms with Gasteiger partial charge in [-0.1, -0.05) is 20.8 Å². The Balaban J connectivity index is 1.59. The molecule has 2 aromatic rings. The third-order valence-corrected chi connectivity index (χ3v) is 7.93. The maximum absolute atomic E-state index is 11.1. The Bertz CT molecular complexity index is 815. The first-order valence-corrected chi connectivity index (χ1v) is 11.6. The van der Waals surface area contributed by atoms with E-state index < -0.39 is 6.23 Å². The zero-order valence-corrected chi connectivity index (χ0v) is 18.6. The third kappa shape index (κ3) is 4.11. The topological polar surface area (TPSA) is 52.5 Å². The fourth-order valence-electron chi connectivity index (χ4n) is 4.65. The number of aryl methyl sites for hydroxylation is 1. The molecular weight excluding hydrogens is 368 g/mol. The van der Waals surface area contributed by atoms with E-state index in [1.807, 2.05) is 18.3 Å². The molecule has 0 spiro atoms. The lowest BCUT2D eigenvalue weighted by molar-refractivity contribution is -0.0281.